The monoisotopic (exact) mass is 242 g/mol. The highest BCUT2D eigenvalue weighted by Gasteiger charge is 2.19. The first-order valence-corrected chi connectivity index (χ1v) is 5.55. The van der Waals surface area contributed by atoms with E-state index < -0.39 is 6.10 Å². The summed E-state index contributed by atoms with van der Waals surface area (Å²) in [5.74, 6) is 0.269. The Morgan fingerprint density at radius 3 is 2.50 bits per heavy atom. The van der Waals surface area contributed by atoms with E-state index in [4.69, 9.17) is 16.3 Å². The number of esters is 1. The number of rotatable bonds is 5. The summed E-state index contributed by atoms with van der Waals surface area (Å²) in [5, 5.41) is 0.637. The molecular weight excluding hydrogens is 228 g/mol. The van der Waals surface area contributed by atoms with E-state index in [9.17, 15) is 4.79 Å². The van der Waals surface area contributed by atoms with Crippen molar-refractivity contribution in [2.24, 2.45) is 0 Å². The van der Waals surface area contributed by atoms with Crippen molar-refractivity contribution in [3.63, 3.8) is 0 Å². The van der Waals surface area contributed by atoms with Gasteiger partial charge >= 0.3 is 5.97 Å². The summed E-state index contributed by atoms with van der Waals surface area (Å²) in [7, 11) is 1.36. The zero-order chi connectivity index (χ0) is 12.0. The molecule has 1 aromatic carbocycles. The molecule has 0 spiro atoms. The van der Waals surface area contributed by atoms with Gasteiger partial charge < -0.3 is 9.47 Å². The molecule has 3 nitrogen and oxygen atoms in total. The first-order chi connectivity index (χ1) is 7.67. The maximum atomic E-state index is 11.4. The Bertz CT molecular complexity index is 335. The first kappa shape index (κ1) is 12.8. The molecule has 0 bridgehead atoms. The van der Waals surface area contributed by atoms with E-state index in [-0.39, 0.29) is 5.97 Å². The lowest BCUT2D eigenvalue weighted by molar-refractivity contribution is -0.149. The molecule has 1 rings (SSSR count). The minimum atomic E-state index is -0.545. The molecule has 88 valence electrons. The number of ether oxygens (including phenoxy) is 2. The van der Waals surface area contributed by atoms with Crippen LogP contribution in [0.4, 0.5) is 0 Å². The Kier molecular flexibility index (Phi) is 5.12. The van der Waals surface area contributed by atoms with Crippen LogP contribution in [-0.4, -0.2) is 19.2 Å². The molecule has 0 fully saturated rings. The van der Waals surface area contributed by atoms with Crippen LogP contribution in [0.2, 0.25) is 5.02 Å². The van der Waals surface area contributed by atoms with Gasteiger partial charge in [0.2, 0.25) is 0 Å². The molecule has 0 aliphatic heterocycles. The zero-order valence-corrected chi connectivity index (χ0v) is 10.2. The zero-order valence-electron chi connectivity index (χ0n) is 9.40. The number of methoxy groups -OCH3 is 1. The van der Waals surface area contributed by atoms with E-state index in [0.717, 1.165) is 6.42 Å². The van der Waals surface area contributed by atoms with Crippen molar-refractivity contribution in [3.8, 4) is 5.75 Å². The Labute approximate surface area is 100 Å². The fourth-order valence-electron chi connectivity index (χ4n) is 1.30. The summed E-state index contributed by atoms with van der Waals surface area (Å²) in [6.45, 7) is 1.99. The van der Waals surface area contributed by atoms with Gasteiger partial charge in [-0.15, -0.1) is 0 Å². The molecule has 0 amide bonds. The van der Waals surface area contributed by atoms with Gasteiger partial charge in [0, 0.05) is 5.02 Å². The van der Waals surface area contributed by atoms with Crippen LogP contribution in [-0.2, 0) is 9.53 Å². The molecule has 0 heterocycles. The second-order valence-corrected chi connectivity index (χ2v) is 3.81. The van der Waals surface area contributed by atoms with E-state index in [0.29, 0.717) is 17.2 Å². The van der Waals surface area contributed by atoms with Crippen molar-refractivity contribution in [2.45, 2.75) is 25.9 Å². The number of carbonyl (C=O) groups excluding carboxylic acids is 1. The molecule has 0 aliphatic carbocycles. The molecule has 16 heavy (non-hydrogen) atoms. The van der Waals surface area contributed by atoms with Crippen LogP contribution in [0.3, 0.4) is 0 Å². The second-order valence-electron chi connectivity index (χ2n) is 3.37. The van der Waals surface area contributed by atoms with Crippen molar-refractivity contribution in [1.82, 2.24) is 0 Å². The van der Waals surface area contributed by atoms with Crippen LogP contribution in [0.1, 0.15) is 19.8 Å². The topological polar surface area (TPSA) is 35.5 Å². The second kappa shape index (κ2) is 6.38. The van der Waals surface area contributed by atoms with E-state index >= 15 is 0 Å². The van der Waals surface area contributed by atoms with Crippen molar-refractivity contribution in [3.05, 3.63) is 29.3 Å². The largest absolute Gasteiger partial charge is 0.479 e. The van der Waals surface area contributed by atoms with Crippen molar-refractivity contribution in [2.75, 3.05) is 7.11 Å². The van der Waals surface area contributed by atoms with E-state index in [1.54, 1.807) is 24.3 Å². The average molecular weight is 243 g/mol. The molecule has 0 aromatic heterocycles. The summed E-state index contributed by atoms with van der Waals surface area (Å²) in [6, 6.07) is 6.90. The predicted octanol–water partition coefficient (Wildman–Crippen LogP) is 3.06. The van der Waals surface area contributed by atoms with Gasteiger partial charge in [0.15, 0.2) is 6.10 Å². The van der Waals surface area contributed by atoms with Crippen LogP contribution in [0.5, 0.6) is 5.75 Å². The van der Waals surface area contributed by atoms with Crippen LogP contribution >= 0.6 is 11.6 Å². The fraction of sp³-hybridized carbons (Fsp3) is 0.417. The summed E-state index contributed by atoms with van der Waals surface area (Å²) in [5.41, 5.74) is 0. The van der Waals surface area contributed by atoms with Crippen LogP contribution in [0.25, 0.3) is 0 Å². The third-order valence-electron chi connectivity index (χ3n) is 2.11. The molecule has 1 atom stereocenters. The maximum Gasteiger partial charge on any atom is 0.347 e. The molecule has 4 heteroatoms. The minimum absolute atomic E-state index is 0.350. The Morgan fingerprint density at radius 2 is 2.00 bits per heavy atom. The Morgan fingerprint density at radius 1 is 1.38 bits per heavy atom. The maximum absolute atomic E-state index is 11.4. The fourth-order valence-corrected chi connectivity index (χ4v) is 1.42. The van der Waals surface area contributed by atoms with Gasteiger partial charge in [-0.3, -0.25) is 0 Å². The minimum Gasteiger partial charge on any atom is -0.479 e. The number of benzene rings is 1. The summed E-state index contributed by atoms with van der Waals surface area (Å²) >= 11 is 5.75. The highest BCUT2D eigenvalue weighted by molar-refractivity contribution is 6.30. The van der Waals surface area contributed by atoms with E-state index in [1.165, 1.54) is 7.11 Å². The van der Waals surface area contributed by atoms with Gasteiger partial charge in [-0.2, -0.15) is 0 Å². The smallest absolute Gasteiger partial charge is 0.347 e. The normalized spacial score (nSPS) is 11.9. The standard InChI is InChI=1S/C12H15ClO3/c1-3-4-11(12(14)15-2)16-10-7-5-9(13)6-8-10/h5-8,11H,3-4H2,1-2H3/t11-/m0/s1. The third kappa shape index (κ3) is 3.74. The summed E-state index contributed by atoms with van der Waals surface area (Å²) < 4.78 is 10.2. The lowest BCUT2D eigenvalue weighted by Gasteiger charge is -2.16. The van der Waals surface area contributed by atoms with Gasteiger partial charge in [0.1, 0.15) is 5.75 Å². The highest BCUT2D eigenvalue weighted by Crippen LogP contribution is 2.18. The summed E-state index contributed by atoms with van der Waals surface area (Å²) in [6.07, 6.45) is 0.944. The molecule has 0 N–H and O–H groups in total. The quantitative estimate of drug-likeness (QED) is 0.745. The predicted molar refractivity (Wildman–Crippen MR) is 62.8 cm³/mol. The molecule has 0 unspecified atom stereocenters. The van der Waals surface area contributed by atoms with Gasteiger partial charge in [-0.1, -0.05) is 24.9 Å². The first-order valence-electron chi connectivity index (χ1n) is 5.17. The van der Waals surface area contributed by atoms with Crippen molar-refractivity contribution >= 4 is 17.6 Å². The number of carbonyl (C=O) groups is 1. The lowest BCUT2D eigenvalue weighted by atomic mass is 10.2. The van der Waals surface area contributed by atoms with E-state index in [1.807, 2.05) is 6.92 Å². The molecular formula is C12H15ClO3. The van der Waals surface area contributed by atoms with Crippen molar-refractivity contribution in [1.29, 1.82) is 0 Å². The molecule has 0 saturated heterocycles. The molecule has 0 saturated carbocycles. The molecule has 0 radical (unpaired) electrons. The highest BCUT2D eigenvalue weighted by atomic mass is 35.5. The SMILES string of the molecule is CCC[C@H](Oc1ccc(Cl)cc1)C(=O)OC. The van der Waals surface area contributed by atoms with Gasteiger partial charge in [-0.25, -0.2) is 4.79 Å². The number of hydrogen-bond donors (Lipinski definition) is 0. The lowest BCUT2D eigenvalue weighted by Crippen LogP contribution is -2.28. The molecule has 1 aromatic rings. The van der Waals surface area contributed by atoms with Gasteiger partial charge in [-0.05, 0) is 30.7 Å². The third-order valence-corrected chi connectivity index (χ3v) is 2.36. The van der Waals surface area contributed by atoms with Crippen LogP contribution < -0.4 is 4.74 Å². The van der Waals surface area contributed by atoms with Crippen molar-refractivity contribution < 1.29 is 14.3 Å². The van der Waals surface area contributed by atoms with Crippen LogP contribution in [0, 0.1) is 0 Å². The summed E-state index contributed by atoms with van der Waals surface area (Å²) in [4.78, 5) is 11.4. The number of hydrogen-bond acceptors (Lipinski definition) is 3. The van der Waals surface area contributed by atoms with Crippen LogP contribution in [0.15, 0.2) is 24.3 Å². The van der Waals surface area contributed by atoms with Gasteiger partial charge in [0.05, 0.1) is 7.11 Å². The Balaban J connectivity index is 2.67. The molecule has 0 aliphatic rings. The number of halogens is 1. The Hall–Kier alpha value is -1.22. The van der Waals surface area contributed by atoms with E-state index in [2.05, 4.69) is 4.74 Å². The average Bonchev–Trinajstić information content (AvgIpc) is 2.30. The van der Waals surface area contributed by atoms with Gasteiger partial charge in [0.25, 0.3) is 0 Å².